The lowest BCUT2D eigenvalue weighted by atomic mass is 10.0. The zero-order valence-corrected chi connectivity index (χ0v) is 10.4. The lowest BCUT2D eigenvalue weighted by Gasteiger charge is -2.13. The van der Waals surface area contributed by atoms with Gasteiger partial charge in [0.25, 0.3) is 5.56 Å². The van der Waals surface area contributed by atoms with Crippen LogP contribution < -0.4 is 5.56 Å². The van der Waals surface area contributed by atoms with Crippen molar-refractivity contribution >= 4 is 5.97 Å². The second kappa shape index (κ2) is 4.84. The molecular formula is C13H17NO4. The van der Waals surface area contributed by atoms with Crippen LogP contribution in [0.4, 0.5) is 0 Å². The number of carbonyl (C=O) groups is 1. The first-order valence-electron chi connectivity index (χ1n) is 6.28. The van der Waals surface area contributed by atoms with Crippen LogP contribution in [0.15, 0.2) is 4.79 Å². The molecule has 5 nitrogen and oxygen atoms in total. The van der Waals surface area contributed by atoms with Gasteiger partial charge in [-0.1, -0.05) is 13.3 Å². The Bertz CT molecular complexity index is 545. The van der Waals surface area contributed by atoms with E-state index in [1.165, 1.54) is 4.57 Å². The van der Waals surface area contributed by atoms with Crippen LogP contribution in [0.2, 0.25) is 0 Å². The molecule has 2 rings (SSSR count). The van der Waals surface area contributed by atoms with Gasteiger partial charge in [-0.2, -0.15) is 0 Å². The Hall–Kier alpha value is -1.78. The van der Waals surface area contributed by atoms with Gasteiger partial charge >= 0.3 is 5.97 Å². The predicted molar refractivity (Wildman–Crippen MR) is 66.3 cm³/mol. The molecule has 18 heavy (non-hydrogen) atoms. The number of unbranched alkanes of at least 4 members (excludes halogenated alkanes) is 1. The van der Waals surface area contributed by atoms with Crippen LogP contribution >= 0.6 is 0 Å². The number of rotatable bonds is 4. The van der Waals surface area contributed by atoms with Crippen molar-refractivity contribution in [3.63, 3.8) is 0 Å². The summed E-state index contributed by atoms with van der Waals surface area (Å²) >= 11 is 0. The molecule has 1 aromatic heterocycles. The molecule has 1 aliphatic rings. The summed E-state index contributed by atoms with van der Waals surface area (Å²) < 4.78 is 1.51. The number of aromatic hydroxyl groups is 1. The lowest BCUT2D eigenvalue weighted by molar-refractivity contribution is 0.0691. The molecule has 98 valence electrons. The molecule has 1 aromatic rings. The van der Waals surface area contributed by atoms with Crippen LogP contribution in [0.25, 0.3) is 0 Å². The highest BCUT2D eigenvalue weighted by Gasteiger charge is 2.27. The van der Waals surface area contributed by atoms with E-state index in [1.807, 2.05) is 6.92 Å². The van der Waals surface area contributed by atoms with Gasteiger partial charge in [0.1, 0.15) is 11.3 Å². The molecule has 1 aliphatic heterocycles. The van der Waals surface area contributed by atoms with Crippen LogP contribution in [0, 0.1) is 0 Å². The van der Waals surface area contributed by atoms with Crippen LogP contribution in [0.5, 0.6) is 5.75 Å². The Morgan fingerprint density at radius 1 is 1.44 bits per heavy atom. The van der Waals surface area contributed by atoms with E-state index < -0.39 is 5.97 Å². The highest BCUT2D eigenvalue weighted by atomic mass is 16.4. The van der Waals surface area contributed by atoms with E-state index in [0.717, 1.165) is 19.3 Å². The molecule has 5 heteroatoms. The molecule has 0 spiro atoms. The van der Waals surface area contributed by atoms with Gasteiger partial charge in [-0.3, -0.25) is 4.79 Å². The molecule has 2 heterocycles. The number of fused-ring (bicyclic) bond motifs is 1. The van der Waals surface area contributed by atoms with Gasteiger partial charge in [-0.15, -0.1) is 0 Å². The quantitative estimate of drug-likeness (QED) is 0.850. The number of carboxylic acids is 1. The van der Waals surface area contributed by atoms with E-state index in [-0.39, 0.29) is 22.4 Å². The molecule has 0 saturated carbocycles. The van der Waals surface area contributed by atoms with Crippen molar-refractivity contribution in [2.24, 2.45) is 0 Å². The summed E-state index contributed by atoms with van der Waals surface area (Å²) in [5.74, 6) is -1.48. The van der Waals surface area contributed by atoms with Gasteiger partial charge in [0, 0.05) is 12.2 Å². The molecule has 0 aliphatic carbocycles. The third kappa shape index (κ3) is 1.89. The molecule has 0 bridgehead atoms. The van der Waals surface area contributed by atoms with Crippen molar-refractivity contribution in [3.8, 4) is 5.75 Å². The van der Waals surface area contributed by atoms with Gasteiger partial charge in [0.15, 0.2) is 0 Å². The molecule has 0 unspecified atom stereocenters. The second-order valence-electron chi connectivity index (χ2n) is 4.62. The molecule has 0 radical (unpaired) electrons. The molecule has 0 saturated heterocycles. The predicted octanol–water partition coefficient (Wildman–Crippen LogP) is 1.54. The minimum atomic E-state index is -1.16. The smallest absolute Gasteiger partial charge is 0.341 e. The topological polar surface area (TPSA) is 79.5 Å². The van der Waals surface area contributed by atoms with Gasteiger partial charge < -0.3 is 14.8 Å². The largest absolute Gasteiger partial charge is 0.506 e. The number of aromatic nitrogens is 1. The summed E-state index contributed by atoms with van der Waals surface area (Å²) in [5, 5.41) is 19.2. The van der Waals surface area contributed by atoms with Crippen molar-refractivity contribution in [2.75, 3.05) is 0 Å². The Morgan fingerprint density at radius 2 is 2.17 bits per heavy atom. The Balaban J connectivity index is 2.65. The maximum atomic E-state index is 12.2. The van der Waals surface area contributed by atoms with Gasteiger partial charge in [-0.25, -0.2) is 4.79 Å². The highest BCUT2D eigenvalue weighted by Crippen LogP contribution is 2.28. The Morgan fingerprint density at radius 3 is 2.78 bits per heavy atom. The molecular weight excluding hydrogens is 234 g/mol. The minimum absolute atomic E-state index is 0.0850. The van der Waals surface area contributed by atoms with Crippen molar-refractivity contribution in [3.05, 3.63) is 27.2 Å². The maximum Gasteiger partial charge on any atom is 0.341 e. The van der Waals surface area contributed by atoms with E-state index in [2.05, 4.69) is 0 Å². The third-order valence-corrected chi connectivity index (χ3v) is 3.43. The van der Waals surface area contributed by atoms with E-state index in [4.69, 9.17) is 0 Å². The fourth-order valence-electron chi connectivity index (χ4n) is 2.51. The van der Waals surface area contributed by atoms with Gasteiger partial charge in [0.05, 0.1) is 5.56 Å². The first-order chi connectivity index (χ1) is 8.57. The lowest BCUT2D eigenvalue weighted by Crippen LogP contribution is -2.26. The average molecular weight is 251 g/mol. The van der Waals surface area contributed by atoms with E-state index in [9.17, 15) is 19.8 Å². The van der Waals surface area contributed by atoms with Crippen LogP contribution in [0.1, 0.15) is 47.8 Å². The van der Waals surface area contributed by atoms with Crippen LogP contribution in [-0.2, 0) is 19.4 Å². The third-order valence-electron chi connectivity index (χ3n) is 3.43. The average Bonchev–Trinajstić information content (AvgIpc) is 2.77. The number of pyridine rings is 1. The zero-order chi connectivity index (χ0) is 13.3. The normalized spacial score (nSPS) is 13.6. The van der Waals surface area contributed by atoms with E-state index >= 15 is 0 Å². The fourth-order valence-corrected chi connectivity index (χ4v) is 2.51. The zero-order valence-electron chi connectivity index (χ0n) is 10.4. The SMILES string of the molecule is CCCCc1c(O)c(C(=O)O)c2n(c1=O)CCC2. The highest BCUT2D eigenvalue weighted by molar-refractivity contribution is 5.92. The van der Waals surface area contributed by atoms with E-state index in [1.54, 1.807) is 0 Å². The summed E-state index contributed by atoms with van der Waals surface area (Å²) in [7, 11) is 0. The molecule has 2 N–H and O–H groups in total. The fraction of sp³-hybridized carbons (Fsp3) is 0.538. The number of hydrogen-bond donors (Lipinski definition) is 2. The van der Waals surface area contributed by atoms with Crippen molar-refractivity contribution in [1.82, 2.24) is 4.57 Å². The van der Waals surface area contributed by atoms with Gasteiger partial charge in [0.2, 0.25) is 0 Å². The van der Waals surface area contributed by atoms with Crippen molar-refractivity contribution in [2.45, 2.75) is 45.6 Å². The maximum absolute atomic E-state index is 12.2. The van der Waals surface area contributed by atoms with Crippen LogP contribution in [-0.4, -0.2) is 20.7 Å². The number of hydrogen-bond acceptors (Lipinski definition) is 3. The molecule has 0 atom stereocenters. The number of aromatic carboxylic acids is 1. The van der Waals surface area contributed by atoms with Crippen molar-refractivity contribution in [1.29, 1.82) is 0 Å². The number of carboxylic acid groups (broad SMARTS) is 1. The summed E-state index contributed by atoms with van der Waals surface area (Å²) in [6.45, 7) is 2.54. The van der Waals surface area contributed by atoms with Crippen LogP contribution in [0.3, 0.4) is 0 Å². The standard InChI is InChI=1S/C13H17NO4/c1-2-3-5-8-11(15)10(13(17)18)9-6-4-7-14(9)12(8)16/h15H,2-7H2,1H3,(H,17,18). The summed E-state index contributed by atoms with van der Waals surface area (Å²) in [6.07, 6.45) is 3.39. The first-order valence-corrected chi connectivity index (χ1v) is 6.28. The summed E-state index contributed by atoms with van der Waals surface area (Å²) in [5.41, 5.74) is 0.404. The molecule has 0 amide bonds. The van der Waals surface area contributed by atoms with Gasteiger partial charge in [-0.05, 0) is 25.7 Å². The second-order valence-corrected chi connectivity index (χ2v) is 4.62. The Labute approximate surface area is 105 Å². The monoisotopic (exact) mass is 251 g/mol. The summed E-state index contributed by atoms with van der Waals surface area (Å²) in [4.78, 5) is 23.4. The van der Waals surface area contributed by atoms with Crippen molar-refractivity contribution < 1.29 is 15.0 Å². The van der Waals surface area contributed by atoms with E-state index in [0.29, 0.717) is 25.1 Å². The molecule has 0 aromatic carbocycles. The first kappa shape index (κ1) is 12.7. The Kier molecular flexibility index (Phi) is 3.41. The number of nitrogens with zero attached hydrogens (tertiary/aromatic N) is 1. The minimum Gasteiger partial charge on any atom is -0.506 e. The summed E-state index contributed by atoms with van der Waals surface area (Å²) in [6, 6.07) is 0. The molecule has 0 fully saturated rings.